The van der Waals surface area contributed by atoms with E-state index in [1.807, 2.05) is 27.8 Å². The quantitative estimate of drug-likeness (QED) is 0.853. The molecule has 0 spiro atoms. The van der Waals surface area contributed by atoms with Gasteiger partial charge >= 0.3 is 6.09 Å². The van der Waals surface area contributed by atoms with Gasteiger partial charge in [-0.3, -0.25) is 9.78 Å². The molecule has 1 aromatic rings. The van der Waals surface area contributed by atoms with E-state index in [4.69, 9.17) is 4.74 Å². The molecule has 6 heteroatoms. The fourth-order valence-electron chi connectivity index (χ4n) is 2.81. The molecular weight excluding hydrogens is 306 g/mol. The summed E-state index contributed by atoms with van der Waals surface area (Å²) in [6, 6.07) is 3.45. The van der Waals surface area contributed by atoms with E-state index in [9.17, 15) is 9.59 Å². The second-order valence-corrected chi connectivity index (χ2v) is 7.33. The molecule has 6 nitrogen and oxygen atoms in total. The number of hydrogen-bond acceptors (Lipinski definition) is 4. The van der Waals surface area contributed by atoms with E-state index in [-0.39, 0.29) is 12.0 Å². The molecule has 0 N–H and O–H groups in total. The van der Waals surface area contributed by atoms with Crippen LogP contribution >= 0.6 is 0 Å². The van der Waals surface area contributed by atoms with Crippen LogP contribution in [-0.4, -0.2) is 59.1 Å². The molecule has 0 saturated carbocycles. The first-order valence-corrected chi connectivity index (χ1v) is 8.39. The topological polar surface area (TPSA) is 62.7 Å². The van der Waals surface area contributed by atoms with Crippen LogP contribution in [0.4, 0.5) is 4.79 Å². The van der Waals surface area contributed by atoms with Crippen molar-refractivity contribution in [3.63, 3.8) is 0 Å². The number of carbonyl (C=O) groups is 2. The molecule has 1 saturated heterocycles. The Morgan fingerprint density at radius 1 is 1.25 bits per heavy atom. The van der Waals surface area contributed by atoms with Crippen LogP contribution in [-0.2, 0) is 4.74 Å². The van der Waals surface area contributed by atoms with Crippen molar-refractivity contribution in [3.05, 3.63) is 30.1 Å². The Kier molecular flexibility index (Phi) is 5.80. The molecule has 1 fully saturated rings. The molecule has 1 aliphatic heterocycles. The average molecular weight is 333 g/mol. The zero-order chi connectivity index (χ0) is 17.7. The number of ether oxygens (including phenoxy) is 1. The van der Waals surface area contributed by atoms with Crippen LogP contribution in [0.1, 0.15) is 44.0 Å². The molecule has 0 unspecified atom stereocenters. The van der Waals surface area contributed by atoms with Crippen LogP contribution < -0.4 is 0 Å². The molecule has 0 radical (unpaired) electrons. The van der Waals surface area contributed by atoms with Gasteiger partial charge in [-0.25, -0.2) is 4.79 Å². The van der Waals surface area contributed by atoms with E-state index < -0.39 is 5.60 Å². The number of hydrogen-bond donors (Lipinski definition) is 0. The first-order valence-electron chi connectivity index (χ1n) is 8.39. The number of pyridine rings is 1. The predicted octanol–water partition coefficient (Wildman–Crippen LogP) is 2.80. The first-order chi connectivity index (χ1) is 11.3. The maximum absolute atomic E-state index is 12.4. The normalized spacial score (nSPS) is 15.9. The Labute approximate surface area is 143 Å². The van der Waals surface area contributed by atoms with Gasteiger partial charge in [0.1, 0.15) is 5.60 Å². The summed E-state index contributed by atoms with van der Waals surface area (Å²) in [5.74, 6) is 0.409. The van der Waals surface area contributed by atoms with Gasteiger partial charge in [0.15, 0.2) is 0 Å². The SMILES string of the molecule is CN(CC1CCN(C(=O)OC(C)(C)C)CC1)C(=O)c1ccncc1. The third kappa shape index (κ3) is 5.22. The molecule has 1 aromatic heterocycles. The monoisotopic (exact) mass is 333 g/mol. The Morgan fingerprint density at radius 2 is 1.83 bits per heavy atom. The van der Waals surface area contributed by atoms with Crippen molar-refractivity contribution in [2.24, 2.45) is 5.92 Å². The minimum atomic E-state index is -0.467. The zero-order valence-corrected chi connectivity index (χ0v) is 15.0. The summed E-state index contributed by atoms with van der Waals surface area (Å²) >= 11 is 0. The van der Waals surface area contributed by atoms with Gasteiger partial charge < -0.3 is 14.5 Å². The third-order valence-corrected chi connectivity index (χ3v) is 4.07. The predicted molar refractivity (Wildman–Crippen MR) is 91.7 cm³/mol. The molecule has 0 atom stereocenters. The number of amides is 2. The van der Waals surface area contributed by atoms with Gasteiger partial charge in [0, 0.05) is 44.6 Å². The number of rotatable bonds is 3. The van der Waals surface area contributed by atoms with Crippen molar-refractivity contribution in [2.75, 3.05) is 26.7 Å². The number of nitrogens with zero attached hydrogens (tertiary/aromatic N) is 3. The minimum absolute atomic E-state index is 0.00646. The molecule has 1 aliphatic rings. The average Bonchev–Trinajstić information content (AvgIpc) is 2.54. The van der Waals surface area contributed by atoms with E-state index in [2.05, 4.69) is 4.98 Å². The minimum Gasteiger partial charge on any atom is -0.444 e. The van der Waals surface area contributed by atoms with Gasteiger partial charge in [0.05, 0.1) is 0 Å². The van der Waals surface area contributed by atoms with Gasteiger partial charge in [-0.15, -0.1) is 0 Å². The molecule has 24 heavy (non-hydrogen) atoms. The van der Waals surface area contributed by atoms with Crippen molar-refractivity contribution < 1.29 is 14.3 Å². The summed E-state index contributed by atoms with van der Waals surface area (Å²) in [5, 5.41) is 0. The fraction of sp³-hybridized carbons (Fsp3) is 0.611. The largest absolute Gasteiger partial charge is 0.444 e. The van der Waals surface area contributed by atoms with E-state index in [1.165, 1.54) is 0 Å². The molecule has 2 heterocycles. The summed E-state index contributed by atoms with van der Waals surface area (Å²) < 4.78 is 5.41. The van der Waals surface area contributed by atoms with Gasteiger partial charge in [0.25, 0.3) is 5.91 Å². The first kappa shape index (κ1) is 18.2. The molecule has 2 amide bonds. The van der Waals surface area contributed by atoms with Crippen molar-refractivity contribution in [2.45, 2.75) is 39.2 Å². The highest BCUT2D eigenvalue weighted by molar-refractivity contribution is 5.93. The highest BCUT2D eigenvalue weighted by Crippen LogP contribution is 2.21. The van der Waals surface area contributed by atoms with Crippen molar-refractivity contribution in [1.82, 2.24) is 14.8 Å². The van der Waals surface area contributed by atoms with Gasteiger partial charge in [-0.1, -0.05) is 0 Å². The highest BCUT2D eigenvalue weighted by Gasteiger charge is 2.28. The summed E-state index contributed by atoms with van der Waals surface area (Å²) in [6.07, 6.45) is 4.77. The lowest BCUT2D eigenvalue weighted by Crippen LogP contribution is -2.44. The van der Waals surface area contributed by atoms with Gasteiger partial charge in [-0.2, -0.15) is 0 Å². The molecule has 0 aromatic carbocycles. The number of carbonyl (C=O) groups excluding carboxylic acids is 2. The molecule has 0 bridgehead atoms. The van der Waals surface area contributed by atoms with Crippen molar-refractivity contribution in [1.29, 1.82) is 0 Å². The van der Waals surface area contributed by atoms with E-state index in [1.54, 1.807) is 34.3 Å². The van der Waals surface area contributed by atoms with Gasteiger partial charge in [0.2, 0.25) is 0 Å². The summed E-state index contributed by atoms with van der Waals surface area (Å²) in [7, 11) is 1.82. The Morgan fingerprint density at radius 3 is 2.38 bits per heavy atom. The van der Waals surface area contributed by atoms with Crippen molar-refractivity contribution >= 4 is 12.0 Å². The van der Waals surface area contributed by atoms with E-state index >= 15 is 0 Å². The second kappa shape index (κ2) is 7.64. The van der Waals surface area contributed by atoms with Gasteiger partial charge in [-0.05, 0) is 51.7 Å². The maximum atomic E-state index is 12.4. The lowest BCUT2D eigenvalue weighted by atomic mass is 9.96. The maximum Gasteiger partial charge on any atom is 0.410 e. The van der Waals surface area contributed by atoms with Crippen LogP contribution in [0, 0.1) is 5.92 Å². The van der Waals surface area contributed by atoms with E-state index in [0.717, 1.165) is 12.8 Å². The summed E-state index contributed by atoms with van der Waals surface area (Å²) in [6.45, 7) is 7.67. The Balaban J connectivity index is 1.80. The summed E-state index contributed by atoms with van der Waals surface area (Å²) in [5.41, 5.74) is 0.184. The lowest BCUT2D eigenvalue weighted by Gasteiger charge is -2.34. The van der Waals surface area contributed by atoms with Crippen molar-refractivity contribution in [3.8, 4) is 0 Å². The smallest absolute Gasteiger partial charge is 0.410 e. The molecule has 2 rings (SSSR count). The second-order valence-electron chi connectivity index (χ2n) is 7.33. The lowest BCUT2D eigenvalue weighted by molar-refractivity contribution is 0.0171. The number of piperidine rings is 1. The standard InChI is InChI=1S/C18H27N3O3/c1-18(2,3)24-17(23)21-11-7-14(8-12-21)13-20(4)16(22)15-5-9-19-10-6-15/h5-6,9-10,14H,7-8,11-13H2,1-4H3. The van der Waals surface area contributed by atoms with Crippen LogP contribution in [0.5, 0.6) is 0 Å². The zero-order valence-electron chi connectivity index (χ0n) is 15.0. The van der Waals surface area contributed by atoms with Crippen LogP contribution in [0.25, 0.3) is 0 Å². The summed E-state index contributed by atoms with van der Waals surface area (Å²) in [4.78, 5) is 31.9. The molecule has 132 valence electrons. The number of aromatic nitrogens is 1. The Bertz CT molecular complexity index is 561. The fourth-order valence-corrected chi connectivity index (χ4v) is 2.81. The molecular formula is C18H27N3O3. The highest BCUT2D eigenvalue weighted by atomic mass is 16.6. The molecule has 0 aliphatic carbocycles. The number of likely N-dealkylation sites (tertiary alicyclic amines) is 1. The van der Waals surface area contributed by atoms with E-state index in [0.29, 0.717) is 31.1 Å². The van der Waals surface area contributed by atoms with Crippen LogP contribution in [0.15, 0.2) is 24.5 Å². The third-order valence-electron chi connectivity index (χ3n) is 4.07. The van der Waals surface area contributed by atoms with Crippen LogP contribution in [0.3, 0.4) is 0 Å². The van der Waals surface area contributed by atoms with Crippen LogP contribution in [0.2, 0.25) is 0 Å². The Hall–Kier alpha value is -2.11.